The van der Waals surface area contributed by atoms with Gasteiger partial charge in [0, 0.05) is 12.5 Å². The van der Waals surface area contributed by atoms with E-state index in [4.69, 9.17) is 0 Å². The van der Waals surface area contributed by atoms with Gasteiger partial charge in [-0.25, -0.2) is 0 Å². The predicted octanol–water partition coefficient (Wildman–Crippen LogP) is 1.07. The van der Waals surface area contributed by atoms with Gasteiger partial charge in [0.05, 0.1) is 6.54 Å². The first-order valence-corrected chi connectivity index (χ1v) is 6.25. The van der Waals surface area contributed by atoms with Crippen LogP contribution in [-0.4, -0.2) is 18.4 Å². The molecule has 2 N–H and O–H groups in total. The lowest BCUT2D eigenvalue weighted by Gasteiger charge is -2.06. The van der Waals surface area contributed by atoms with Gasteiger partial charge in [0.2, 0.25) is 11.8 Å². The molecule has 0 radical (unpaired) electrons. The Bertz CT molecular complexity index is 431. The molecule has 0 saturated heterocycles. The highest BCUT2D eigenvalue weighted by Crippen LogP contribution is 2.37. The van der Waals surface area contributed by atoms with E-state index < -0.39 is 0 Å². The number of rotatable bonds is 5. The second-order valence-electron chi connectivity index (χ2n) is 4.80. The van der Waals surface area contributed by atoms with Crippen LogP contribution >= 0.6 is 0 Å². The van der Waals surface area contributed by atoms with Crippen molar-refractivity contribution < 1.29 is 9.59 Å². The summed E-state index contributed by atoms with van der Waals surface area (Å²) in [5, 5.41) is 5.43. The van der Waals surface area contributed by atoms with Crippen LogP contribution in [-0.2, 0) is 16.1 Å². The zero-order valence-electron chi connectivity index (χ0n) is 10.5. The van der Waals surface area contributed by atoms with E-state index in [1.165, 1.54) is 0 Å². The van der Waals surface area contributed by atoms with E-state index in [0.29, 0.717) is 12.5 Å². The summed E-state index contributed by atoms with van der Waals surface area (Å²) in [4.78, 5) is 23.0. The molecule has 96 valence electrons. The van der Waals surface area contributed by atoms with Crippen molar-refractivity contribution in [3.63, 3.8) is 0 Å². The maximum atomic E-state index is 11.5. The Morgan fingerprint density at radius 3 is 2.50 bits per heavy atom. The minimum atomic E-state index is -0.152. The van der Waals surface area contributed by atoms with Crippen molar-refractivity contribution in [3.8, 4) is 0 Å². The number of carbonyl (C=O) groups is 2. The molecular weight excluding hydrogens is 228 g/mol. The summed E-state index contributed by atoms with van der Waals surface area (Å²) in [6, 6.07) is 9.69. The number of hydrogen-bond acceptors (Lipinski definition) is 2. The smallest absolute Gasteiger partial charge is 0.239 e. The summed E-state index contributed by atoms with van der Waals surface area (Å²) in [7, 11) is 0. The zero-order chi connectivity index (χ0) is 13.0. The third kappa shape index (κ3) is 3.58. The molecule has 2 atom stereocenters. The fourth-order valence-corrected chi connectivity index (χ4v) is 1.84. The highest BCUT2D eigenvalue weighted by Gasteiger charge is 2.38. The summed E-state index contributed by atoms with van der Waals surface area (Å²) in [5.74, 6) is 0.433. The van der Waals surface area contributed by atoms with E-state index in [1.807, 2.05) is 37.3 Å². The molecule has 0 heterocycles. The Balaban J connectivity index is 1.65. The van der Waals surface area contributed by atoms with Crippen LogP contribution in [0.15, 0.2) is 30.3 Å². The molecule has 0 aliphatic heterocycles. The summed E-state index contributed by atoms with van der Waals surface area (Å²) in [6.45, 7) is 2.60. The van der Waals surface area contributed by atoms with Gasteiger partial charge in [-0.15, -0.1) is 0 Å². The van der Waals surface area contributed by atoms with E-state index in [1.54, 1.807) is 0 Å². The molecule has 4 heteroatoms. The molecule has 0 aromatic heterocycles. The highest BCUT2D eigenvalue weighted by atomic mass is 16.2. The molecule has 1 aromatic carbocycles. The van der Waals surface area contributed by atoms with Crippen LogP contribution in [0, 0.1) is 11.8 Å². The third-order valence-electron chi connectivity index (χ3n) is 3.20. The SMILES string of the molecule is C[C@H]1C[C@@H]1C(=O)NCC(=O)NCc1ccccc1. The molecule has 1 aromatic rings. The van der Waals surface area contributed by atoms with Crippen molar-refractivity contribution in [2.24, 2.45) is 11.8 Å². The lowest BCUT2D eigenvalue weighted by Crippen LogP contribution is -2.37. The van der Waals surface area contributed by atoms with Gasteiger partial charge in [-0.2, -0.15) is 0 Å². The second-order valence-corrected chi connectivity index (χ2v) is 4.80. The molecule has 1 aliphatic rings. The average molecular weight is 246 g/mol. The number of carbonyl (C=O) groups excluding carboxylic acids is 2. The van der Waals surface area contributed by atoms with Gasteiger partial charge < -0.3 is 10.6 Å². The van der Waals surface area contributed by atoms with Gasteiger partial charge in [-0.3, -0.25) is 9.59 Å². The Labute approximate surface area is 107 Å². The maximum absolute atomic E-state index is 11.5. The Kier molecular flexibility index (Phi) is 3.97. The van der Waals surface area contributed by atoms with Crippen molar-refractivity contribution in [2.75, 3.05) is 6.54 Å². The second kappa shape index (κ2) is 5.67. The minimum absolute atomic E-state index is 0.00244. The first-order chi connectivity index (χ1) is 8.66. The monoisotopic (exact) mass is 246 g/mol. The van der Waals surface area contributed by atoms with Crippen molar-refractivity contribution >= 4 is 11.8 Å². The Morgan fingerprint density at radius 1 is 1.22 bits per heavy atom. The minimum Gasteiger partial charge on any atom is -0.350 e. The number of amides is 2. The summed E-state index contributed by atoms with van der Waals surface area (Å²) in [6.07, 6.45) is 0.942. The molecule has 0 spiro atoms. The summed E-state index contributed by atoms with van der Waals surface area (Å²) in [5.41, 5.74) is 1.05. The molecule has 0 unspecified atom stereocenters. The highest BCUT2D eigenvalue weighted by molar-refractivity contribution is 5.87. The number of hydrogen-bond donors (Lipinski definition) is 2. The van der Waals surface area contributed by atoms with Crippen LogP contribution in [0.5, 0.6) is 0 Å². The topological polar surface area (TPSA) is 58.2 Å². The van der Waals surface area contributed by atoms with Crippen molar-refractivity contribution in [2.45, 2.75) is 19.9 Å². The van der Waals surface area contributed by atoms with Crippen LogP contribution in [0.2, 0.25) is 0 Å². The van der Waals surface area contributed by atoms with Crippen LogP contribution < -0.4 is 10.6 Å². The molecule has 2 amide bonds. The van der Waals surface area contributed by atoms with Gasteiger partial charge in [0.25, 0.3) is 0 Å². The average Bonchev–Trinajstić information content (AvgIpc) is 3.12. The molecule has 2 rings (SSSR count). The van der Waals surface area contributed by atoms with E-state index >= 15 is 0 Å². The van der Waals surface area contributed by atoms with Crippen LogP contribution in [0.3, 0.4) is 0 Å². The van der Waals surface area contributed by atoms with Gasteiger partial charge in [-0.05, 0) is 17.9 Å². The lowest BCUT2D eigenvalue weighted by atomic mass is 10.2. The fourth-order valence-electron chi connectivity index (χ4n) is 1.84. The van der Waals surface area contributed by atoms with Crippen molar-refractivity contribution in [3.05, 3.63) is 35.9 Å². The van der Waals surface area contributed by atoms with E-state index in [9.17, 15) is 9.59 Å². The van der Waals surface area contributed by atoms with E-state index in [2.05, 4.69) is 10.6 Å². The maximum Gasteiger partial charge on any atom is 0.239 e. The van der Waals surface area contributed by atoms with Crippen molar-refractivity contribution in [1.82, 2.24) is 10.6 Å². The van der Waals surface area contributed by atoms with E-state index in [0.717, 1.165) is 12.0 Å². The quantitative estimate of drug-likeness (QED) is 0.816. The van der Waals surface area contributed by atoms with Crippen LogP contribution in [0.25, 0.3) is 0 Å². The molecule has 18 heavy (non-hydrogen) atoms. The molecule has 1 fully saturated rings. The largest absolute Gasteiger partial charge is 0.350 e. The van der Waals surface area contributed by atoms with Gasteiger partial charge in [0.15, 0.2) is 0 Å². The van der Waals surface area contributed by atoms with E-state index in [-0.39, 0.29) is 24.3 Å². The predicted molar refractivity (Wildman–Crippen MR) is 68.6 cm³/mol. The number of nitrogens with one attached hydrogen (secondary N) is 2. The van der Waals surface area contributed by atoms with Gasteiger partial charge in [0.1, 0.15) is 0 Å². The summed E-state index contributed by atoms with van der Waals surface area (Å²) < 4.78 is 0. The summed E-state index contributed by atoms with van der Waals surface area (Å²) >= 11 is 0. The van der Waals surface area contributed by atoms with Gasteiger partial charge >= 0.3 is 0 Å². The zero-order valence-corrected chi connectivity index (χ0v) is 10.5. The lowest BCUT2D eigenvalue weighted by molar-refractivity contribution is -0.127. The fraction of sp³-hybridized carbons (Fsp3) is 0.429. The Morgan fingerprint density at radius 2 is 1.89 bits per heavy atom. The first-order valence-electron chi connectivity index (χ1n) is 6.25. The molecule has 1 aliphatic carbocycles. The molecule has 1 saturated carbocycles. The normalized spacial score (nSPS) is 21.2. The van der Waals surface area contributed by atoms with Crippen LogP contribution in [0.1, 0.15) is 18.9 Å². The van der Waals surface area contributed by atoms with Crippen LogP contribution in [0.4, 0.5) is 0 Å². The van der Waals surface area contributed by atoms with Gasteiger partial charge in [-0.1, -0.05) is 37.3 Å². The third-order valence-corrected chi connectivity index (χ3v) is 3.20. The molecular formula is C14H18N2O2. The number of benzene rings is 1. The van der Waals surface area contributed by atoms with Crippen molar-refractivity contribution in [1.29, 1.82) is 0 Å². The Hall–Kier alpha value is -1.84. The molecule has 4 nitrogen and oxygen atoms in total. The first kappa shape index (κ1) is 12.6. The molecule has 0 bridgehead atoms. The standard InChI is InChI=1S/C14H18N2O2/c1-10-7-12(10)14(18)16-9-13(17)15-8-11-5-3-2-4-6-11/h2-6,10,12H,7-9H2,1H3,(H,15,17)(H,16,18)/t10-,12-/m0/s1.